The van der Waals surface area contributed by atoms with Crippen molar-refractivity contribution in [1.29, 1.82) is 0 Å². The van der Waals surface area contributed by atoms with E-state index in [0.717, 1.165) is 17.9 Å². The van der Waals surface area contributed by atoms with E-state index in [4.69, 9.17) is 10.5 Å². The number of carbonyl (C=O) groups is 1. The lowest BCUT2D eigenvalue weighted by molar-refractivity contribution is -0.131. The maximum Gasteiger partial charge on any atom is 0.239 e. The van der Waals surface area contributed by atoms with Gasteiger partial charge >= 0.3 is 0 Å². The molecule has 2 rings (SSSR count). The van der Waals surface area contributed by atoms with Crippen LogP contribution in [-0.4, -0.2) is 47.0 Å². The Morgan fingerprint density at radius 3 is 2.67 bits per heavy atom. The minimum atomic E-state index is -0.559. The van der Waals surface area contributed by atoms with E-state index in [1.165, 1.54) is 11.1 Å². The summed E-state index contributed by atoms with van der Waals surface area (Å²) in [6, 6.07) is 5.58. The fourth-order valence-electron chi connectivity index (χ4n) is 2.62. The number of hydrogen-bond donors (Lipinski definition) is 2. The van der Waals surface area contributed by atoms with Crippen LogP contribution in [0.5, 0.6) is 5.75 Å². The zero-order valence-corrected chi connectivity index (χ0v) is 14.6. The third kappa shape index (κ3) is 5.38. The molecule has 0 bridgehead atoms. The van der Waals surface area contributed by atoms with Crippen LogP contribution in [0, 0.1) is 13.8 Å². The number of carbonyl (C=O) groups excluding carboxylic acids is 1. The van der Waals surface area contributed by atoms with Crippen LogP contribution in [0.15, 0.2) is 30.7 Å². The molecule has 1 atom stereocenters. The molecule has 2 aromatic rings. The molecule has 0 saturated carbocycles. The van der Waals surface area contributed by atoms with Crippen molar-refractivity contribution in [3.05, 3.63) is 47.5 Å². The maximum atomic E-state index is 12.2. The van der Waals surface area contributed by atoms with E-state index in [1.54, 1.807) is 24.5 Å². The summed E-state index contributed by atoms with van der Waals surface area (Å²) in [6.07, 6.45) is 4.49. The molecule has 0 aliphatic heterocycles. The number of rotatable bonds is 8. The van der Waals surface area contributed by atoms with Crippen LogP contribution in [-0.2, 0) is 11.2 Å². The second-order valence-electron chi connectivity index (χ2n) is 6.17. The van der Waals surface area contributed by atoms with Gasteiger partial charge in [0.05, 0.1) is 19.0 Å². The van der Waals surface area contributed by atoms with E-state index in [2.05, 4.69) is 16.0 Å². The molecule has 24 heavy (non-hydrogen) atoms. The van der Waals surface area contributed by atoms with Crippen molar-refractivity contribution in [3.8, 4) is 5.75 Å². The monoisotopic (exact) mass is 330 g/mol. The van der Waals surface area contributed by atoms with Crippen molar-refractivity contribution in [2.24, 2.45) is 5.73 Å². The van der Waals surface area contributed by atoms with E-state index in [9.17, 15) is 4.79 Å². The molecule has 1 amide bonds. The van der Waals surface area contributed by atoms with E-state index in [-0.39, 0.29) is 5.91 Å². The Hall–Kier alpha value is -2.34. The van der Waals surface area contributed by atoms with Gasteiger partial charge < -0.3 is 20.4 Å². The SMILES string of the molecule is Cc1cc(C)cc(OCCCN(C)C(=O)[C@@H](N)Cc2cnc[nH]2)c1. The molecule has 0 fully saturated rings. The number of nitrogens with zero attached hydrogens (tertiary/aromatic N) is 2. The summed E-state index contributed by atoms with van der Waals surface area (Å²) in [4.78, 5) is 20.8. The molecule has 6 heteroatoms. The van der Waals surface area contributed by atoms with Crippen molar-refractivity contribution in [3.63, 3.8) is 0 Å². The van der Waals surface area contributed by atoms with Crippen LogP contribution in [0.3, 0.4) is 0 Å². The summed E-state index contributed by atoms with van der Waals surface area (Å²) in [5.74, 6) is 0.799. The van der Waals surface area contributed by atoms with Crippen molar-refractivity contribution >= 4 is 5.91 Å². The van der Waals surface area contributed by atoms with Crippen molar-refractivity contribution in [2.45, 2.75) is 32.7 Å². The average Bonchev–Trinajstić information content (AvgIpc) is 3.02. The lowest BCUT2D eigenvalue weighted by atomic mass is 10.1. The Morgan fingerprint density at radius 1 is 1.33 bits per heavy atom. The van der Waals surface area contributed by atoms with Crippen LogP contribution in [0.4, 0.5) is 0 Å². The highest BCUT2D eigenvalue weighted by molar-refractivity contribution is 5.81. The largest absolute Gasteiger partial charge is 0.494 e. The number of H-pyrrole nitrogens is 1. The first-order chi connectivity index (χ1) is 11.5. The average molecular weight is 330 g/mol. The van der Waals surface area contributed by atoms with Crippen LogP contribution >= 0.6 is 0 Å². The molecule has 0 unspecified atom stereocenters. The highest BCUT2D eigenvalue weighted by atomic mass is 16.5. The molecule has 0 aliphatic rings. The first-order valence-electron chi connectivity index (χ1n) is 8.14. The summed E-state index contributed by atoms with van der Waals surface area (Å²) < 4.78 is 5.76. The highest BCUT2D eigenvalue weighted by Crippen LogP contribution is 2.16. The van der Waals surface area contributed by atoms with Gasteiger partial charge in [-0.15, -0.1) is 0 Å². The summed E-state index contributed by atoms with van der Waals surface area (Å²) >= 11 is 0. The van der Waals surface area contributed by atoms with Gasteiger partial charge in [-0.2, -0.15) is 0 Å². The Labute approximate surface area is 143 Å². The van der Waals surface area contributed by atoms with Gasteiger partial charge in [0.1, 0.15) is 5.75 Å². The molecule has 1 aromatic heterocycles. The lowest BCUT2D eigenvalue weighted by Gasteiger charge is -2.21. The van der Waals surface area contributed by atoms with E-state index in [1.807, 2.05) is 26.0 Å². The molecule has 6 nitrogen and oxygen atoms in total. The maximum absolute atomic E-state index is 12.2. The van der Waals surface area contributed by atoms with Gasteiger partial charge in [0.15, 0.2) is 0 Å². The van der Waals surface area contributed by atoms with E-state index < -0.39 is 6.04 Å². The number of nitrogens with one attached hydrogen (secondary N) is 1. The fourth-order valence-corrected chi connectivity index (χ4v) is 2.62. The minimum Gasteiger partial charge on any atom is -0.494 e. The first-order valence-corrected chi connectivity index (χ1v) is 8.14. The van der Waals surface area contributed by atoms with Crippen LogP contribution in [0.25, 0.3) is 0 Å². The second kappa shape index (κ2) is 8.49. The number of ether oxygens (including phenoxy) is 1. The van der Waals surface area contributed by atoms with Crippen molar-refractivity contribution < 1.29 is 9.53 Å². The number of benzene rings is 1. The highest BCUT2D eigenvalue weighted by Gasteiger charge is 2.18. The topological polar surface area (TPSA) is 84.2 Å². The van der Waals surface area contributed by atoms with Gasteiger partial charge in [0.2, 0.25) is 5.91 Å². The molecule has 0 aliphatic carbocycles. The zero-order chi connectivity index (χ0) is 17.5. The van der Waals surface area contributed by atoms with Crippen LogP contribution < -0.4 is 10.5 Å². The van der Waals surface area contributed by atoms with Gasteiger partial charge in [-0.25, -0.2) is 4.98 Å². The molecule has 0 radical (unpaired) electrons. The molecular weight excluding hydrogens is 304 g/mol. The number of nitrogens with two attached hydrogens (primary N) is 1. The lowest BCUT2D eigenvalue weighted by Crippen LogP contribution is -2.43. The van der Waals surface area contributed by atoms with Gasteiger partial charge in [-0.05, 0) is 43.5 Å². The van der Waals surface area contributed by atoms with Crippen molar-refractivity contribution in [2.75, 3.05) is 20.2 Å². The van der Waals surface area contributed by atoms with Crippen LogP contribution in [0.2, 0.25) is 0 Å². The summed E-state index contributed by atoms with van der Waals surface area (Å²) in [7, 11) is 1.77. The number of likely N-dealkylation sites (N-methyl/N-ethyl adjacent to an activating group) is 1. The van der Waals surface area contributed by atoms with Crippen molar-refractivity contribution in [1.82, 2.24) is 14.9 Å². The van der Waals surface area contributed by atoms with Gasteiger partial charge in [-0.3, -0.25) is 4.79 Å². The normalized spacial score (nSPS) is 12.0. The first kappa shape index (κ1) is 18.0. The third-order valence-electron chi connectivity index (χ3n) is 3.79. The Morgan fingerprint density at radius 2 is 2.04 bits per heavy atom. The number of aromatic nitrogens is 2. The third-order valence-corrected chi connectivity index (χ3v) is 3.79. The number of amides is 1. The zero-order valence-electron chi connectivity index (χ0n) is 14.6. The Bertz CT molecular complexity index is 635. The molecule has 1 aromatic carbocycles. The second-order valence-corrected chi connectivity index (χ2v) is 6.17. The molecule has 1 heterocycles. The Kier molecular flexibility index (Phi) is 6.37. The van der Waals surface area contributed by atoms with E-state index >= 15 is 0 Å². The van der Waals surface area contributed by atoms with Gasteiger partial charge in [0.25, 0.3) is 0 Å². The van der Waals surface area contributed by atoms with Gasteiger partial charge in [-0.1, -0.05) is 6.07 Å². The van der Waals surface area contributed by atoms with E-state index in [0.29, 0.717) is 19.6 Å². The molecule has 0 saturated heterocycles. The standard InChI is InChI=1S/C18H26N4O2/c1-13-7-14(2)9-16(8-13)24-6-4-5-22(3)18(23)17(19)10-15-11-20-12-21-15/h7-9,11-12,17H,4-6,10,19H2,1-3H3,(H,20,21)/t17-/m0/s1. The number of aryl methyl sites for hydroxylation is 2. The van der Waals surface area contributed by atoms with Gasteiger partial charge in [0, 0.05) is 31.9 Å². The minimum absolute atomic E-state index is 0.0731. The number of hydrogen-bond acceptors (Lipinski definition) is 4. The summed E-state index contributed by atoms with van der Waals surface area (Å²) in [6.45, 7) is 5.28. The summed E-state index contributed by atoms with van der Waals surface area (Å²) in [5, 5.41) is 0. The Balaban J connectivity index is 1.72. The molecule has 0 spiro atoms. The summed E-state index contributed by atoms with van der Waals surface area (Å²) in [5.41, 5.74) is 9.20. The smallest absolute Gasteiger partial charge is 0.239 e. The quantitative estimate of drug-likeness (QED) is 0.723. The molecule has 3 N–H and O–H groups in total. The molecular formula is C18H26N4O2. The molecule has 130 valence electrons. The fraction of sp³-hybridized carbons (Fsp3) is 0.444. The van der Waals surface area contributed by atoms with Crippen LogP contribution in [0.1, 0.15) is 23.2 Å². The number of imidazole rings is 1. The number of aromatic amines is 1. The predicted octanol–water partition coefficient (Wildman–Crippen LogP) is 1.82. The predicted molar refractivity (Wildman–Crippen MR) is 93.9 cm³/mol.